The minimum absolute atomic E-state index is 0.100. The first-order valence-electron chi connectivity index (χ1n) is 14.7. The van der Waals surface area contributed by atoms with E-state index in [-0.39, 0.29) is 47.4 Å². The van der Waals surface area contributed by atoms with Gasteiger partial charge in [-0.15, -0.1) is 23.1 Å². The predicted molar refractivity (Wildman–Crippen MR) is 170 cm³/mol. The Labute approximate surface area is 256 Å². The van der Waals surface area contributed by atoms with Crippen LogP contribution in [0, 0.1) is 11.8 Å². The Morgan fingerprint density at radius 3 is 2.73 bits per heavy atom. The number of hydrogen-bond acceptors (Lipinski definition) is 9. The Morgan fingerprint density at radius 2 is 1.98 bits per heavy atom. The fraction of sp³-hybridized carbons (Fsp3) is 0.667. The van der Waals surface area contributed by atoms with Gasteiger partial charge in [0, 0.05) is 36.1 Å². The number of nitrogens with zero attached hydrogens (tertiary/aromatic N) is 2. The lowest BCUT2D eigenvalue weighted by atomic mass is 9.89. The molecule has 0 saturated heterocycles. The quantitative estimate of drug-likeness (QED) is 0.241. The van der Waals surface area contributed by atoms with E-state index in [2.05, 4.69) is 22.5 Å². The molecule has 3 atom stereocenters. The summed E-state index contributed by atoms with van der Waals surface area (Å²) in [5.74, 6) is 0.184. The highest BCUT2D eigenvalue weighted by molar-refractivity contribution is 8.14. The van der Waals surface area contributed by atoms with Gasteiger partial charge in [0.25, 0.3) is 0 Å². The number of thiazole rings is 1. The van der Waals surface area contributed by atoms with Gasteiger partial charge in [0.05, 0.1) is 12.6 Å². The van der Waals surface area contributed by atoms with Gasteiger partial charge in [-0.05, 0) is 31.6 Å². The molecule has 0 spiro atoms. The molecule has 11 heteroatoms. The molecule has 2 aliphatic rings. The van der Waals surface area contributed by atoms with Gasteiger partial charge in [0.15, 0.2) is 10.9 Å². The number of thioether (sulfide) groups is 2. The second kappa shape index (κ2) is 16.6. The van der Waals surface area contributed by atoms with Crippen LogP contribution in [0.1, 0.15) is 96.2 Å². The Kier molecular flexibility index (Phi) is 13.6. The molecule has 0 unspecified atom stereocenters. The van der Waals surface area contributed by atoms with Crippen molar-refractivity contribution in [2.75, 3.05) is 11.5 Å². The fourth-order valence-corrected chi connectivity index (χ4v) is 7.40. The van der Waals surface area contributed by atoms with Crippen molar-refractivity contribution in [3.8, 4) is 0 Å². The van der Waals surface area contributed by atoms with Crippen LogP contribution in [0.15, 0.2) is 22.5 Å². The number of nitrogens with one attached hydrogen (secondary N) is 2. The van der Waals surface area contributed by atoms with E-state index in [0.717, 1.165) is 17.8 Å². The van der Waals surface area contributed by atoms with E-state index in [0.29, 0.717) is 41.6 Å². The van der Waals surface area contributed by atoms with Gasteiger partial charge < -0.3 is 10.6 Å². The molecule has 1 aromatic heterocycles. The number of aromatic nitrogens is 1. The zero-order valence-electron chi connectivity index (χ0n) is 24.7. The van der Waals surface area contributed by atoms with Crippen LogP contribution in [0.2, 0.25) is 0 Å². The lowest BCUT2D eigenvalue weighted by Crippen LogP contribution is -2.52. The van der Waals surface area contributed by atoms with Crippen LogP contribution < -0.4 is 10.6 Å². The topological polar surface area (TPSA) is 118 Å². The average molecular weight is 621 g/mol. The Bertz CT molecular complexity index is 1130. The molecule has 2 N–H and O–H groups in total. The lowest BCUT2D eigenvalue weighted by Gasteiger charge is -2.27. The number of carbonyl (C=O) groups excluding carboxylic acids is 4. The van der Waals surface area contributed by atoms with E-state index in [1.165, 1.54) is 54.1 Å². The first-order chi connectivity index (χ1) is 19.6. The van der Waals surface area contributed by atoms with Crippen LogP contribution in [0.5, 0.6) is 0 Å². The number of hydrogen-bond donors (Lipinski definition) is 2. The maximum Gasteiger partial charge on any atom is 0.249 e. The normalized spacial score (nSPS) is 24.0. The minimum Gasteiger partial charge on any atom is -0.350 e. The third kappa shape index (κ3) is 10.7. The van der Waals surface area contributed by atoms with Crippen LogP contribution in [0.4, 0.5) is 0 Å². The monoisotopic (exact) mass is 620 g/mol. The molecule has 0 saturated carbocycles. The van der Waals surface area contributed by atoms with Gasteiger partial charge in [0.2, 0.25) is 11.8 Å². The summed E-state index contributed by atoms with van der Waals surface area (Å²) in [6.07, 6.45) is 11.1. The third-order valence-electron chi connectivity index (χ3n) is 7.19. The number of amides is 2. The van der Waals surface area contributed by atoms with Crippen LogP contribution in [-0.4, -0.2) is 55.8 Å². The molecule has 3 heterocycles. The summed E-state index contributed by atoms with van der Waals surface area (Å²) in [6, 6.07) is -0.674. The molecule has 41 heavy (non-hydrogen) atoms. The number of unbranched alkanes of at least 4 members (excludes halogenated alkanes) is 4. The number of ketones is 1. The van der Waals surface area contributed by atoms with Gasteiger partial charge in [0.1, 0.15) is 21.3 Å². The summed E-state index contributed by atoms with van der Waals surface area (Å²) in [4.78, 5) is 61.2. The van der Waals surface area contributed by atoms with Gasteiger partial charge >= 0.3 is 0 Å². The molecule has 0 aromatic carbocycles. The van der Waals surface area contributed by atoms with Crippen molar-refractivity contribution in [1.29, 1.82) is 0 Å². The number of aliphatic imine (C=N–C) groups is 1. The molecular formula is C30H44N4O4S3. The van der Waals surface area contributed by atoms with Gasteiger partial charge in [-0.3, -0.25) is 24.2 Å². The smallest absolute Gasteiger partial charge is 0.249 e. The standard InChI is InChI=1S/C30H44N4O4S3/c1-5-6-7-8-9-13-26(37)39-14-11-10-12-21-15-23(35)27(20(2)3)33-29(38)30(4)19-41-28(34-30)22-18-40-25(32-22)17-31-24(36)16-21/h10,12,18,20-21,27H,5-9,11,13-17,19H2,1-4H3,(H,31,36)(H,33,38)/b12-10+/t21-,27-,30-/m0/s1. The minimum atomic E-state index is -0.980. The maximum atomic E-state index is 13.5. The molecule has 2 amide bonds. The maximum absolute atomic E-state index is 13.5. The summed E-state index contributed by atoms with van der Waals surface area (Å²) in [7, 11) is 0. The molecule has 1 aromatic rings. The number of Topliss-reactive ketones (excluding diaryl/α,β-unsaturated/α-hetero) is 1. The Hall–Kier alpha value is -1.98. The zero-order chi connectivity index (χ0) is 29.8. The molecule has 4 bridgehead atoms. The highest BCUT2D eigenvalue weighted by Crippen LogP contribution is 2.32. The largest absolute Gasteiger partial charge is 0.350 e. The summed E-state index contributed by atoms with van der Waals surface area (Å²) in [5.41, 5.74) is -0.273. The highest BCUT2D eigenvalue weighted by Gasteiger charge is 2.41. The van der Waals surface area contributed by atoms with Crippen LogP contribution in [-0.2, 0) is 25.7 Å². The number of rotatable bonds is 11. The number of fused-ring (bicyclic) bond motifs is 4. The van der Waals surface area contributed by atoms with Crippen LogP contribution >= 0.6 is 34.9 Å². The SMILES string of the molecule is CCCCCCCC(=O)SCC/C=C/[C@@H]1CC(=O)NCc2nc(cs2)C2=N[C@@](C)(CS2)C(=O)N[C@@H](C(C)C)C(=O)C1. The molecular weight excluding hydrogens is 577 g/mol. The van der Waals surface area contributed by atoms with E-state index < -0.39 is 11.6 Å². The summed E-state index contributed by atoms with van der Waals surface area (Å²) in [5, 5.41) is 9.50. The molecule has 226 valence electrons. The first kappa shape index (κ1) is 33.5. The molecule has 0 fully saturated rings. The van der Waals surface area contributed by atoms with Crippen molar-refractivity contribution in [2.45, 2.75) is 104 Å². The van der Waals surface area contributed by atoms with E-state index in [4.69, 9.17) is 4.99 Å². The number of carbonyl (C=O) groups is 4. The van der Waals surface area contributed by atoms with E-state index in [9.17, 15) is 19.2 Å². The van der Waals surface area contributed by atoms with E-state index in [1.807, 2.05) is 31.4 Å². The van der Waals surface area contributed by atoms with Crippen molar-refractivity contribution >= 4 is 62.6 Å². The van der Waals surface area contributed by atoms with E-state index in [1.54, 1.807) is 6.92 Å². The third-order valence-corrected chi connectivity index (χ3v) is 10.3. The van der Waals surface area contributed by atoms with Gasteiger partial charge in [-0.2, -0.15) is 0 Å². The van der Waals surface area contributed by atoms with Crippen LogP contribution in [0.25, 0.3) is 0 Å². The van der Waals surface area contributed by atoms with E-state index >= 15 is 0 Å². The predicted octanol–water partition coefficient (Wildman–Crippen LogP) is 5.70. The fourth-order valence-electron chi connectivity index (χ4n) is 4.70. The first-order valence-corrected chi connectivity index (χ1v) is 17.6. The second-order valence-corrected chi connectivity index (χ2v) is 14.4. The molecule has 0 aliphatic carbocycles. The average Bonchev–Trinajstić information content (AvgIpc) is 3.56. The van der Waals surface area contributed by atoms with Crippen molar-refractivity contribution in [3.63, 3.8) is 0 Å². The van der Waals surface area contributed by atoms with Crippen LogP contribution in [0.3, 0.4) is 0 Å². The van der Waals surface area contributed by atoms with Crippen molar-refractivity contribution in [1.82, 2.24) is 15.6 Å². The lowest BCUT2D eigenvalue weighted by molar-refractivity contribution is -0.131. The highest BCUT2D eigenvalue weighted by atomic mass is 32.2. The van der Waals surface area contributed by atoms with Crippen molar-refractivity contribution in [2.24, 2.45) is 16.8 Å². The second-order valence-electron chi connectivity index (χ2n) is 11.3. The van der Waals surface area contributed by atoms with Gasteiger partial charge in [-0.25, -0.2) is 4.98 Å². The molecule has 0 radical (unpaired) electrons. The van der Waals surface area contributed by atoms with Crippen molar-refractivity contribution in [3.05, 3.63) is 28.2 Å². The summed E-state index contributed by atoms with van der Waals surface area (Å²) in [6.45, 7) is 8.09. The molecule has 2 aliphatic heterocycles. The number of allylic oxidation sites excluding steroid dienone is 2. The zero-order valence-corrected chi connectivity index (χ0v) is 27.2. The summed E-state index contributed by atoms with van der Waals surface area (Å²) >= 11 is 4.28. The van der Waals surface area contributed by atoms with Gasteiger partial charge in [-0.1, -0.05) is 70.4 Å². The molecule has 8 nitrogen and oxygen atoms in total. The summed E-state index contributed by atoms with van der Waals surface area (Å²) < 4.78 is 0. The Balaban J connectivity index is 1.66. The molecule has 3 rings (SSSR count). The Morgan fingerprint density at radius 1 is 1.20 bits per heavy atom. The van der Waals surface area contributed by atoms with Crippen molar-refractivity contribution < 1.29 is 19.2 Å².